The molecule has 0 aliphatic carbocycles. The Labute approximate surface area is 127 Å². The van der Waals surface area contributed by atoms with Crippen molar-refractivity contribution in [2.24, 2.45) is 0 Å². The van der Waals surface area contributed by atoms with Crippen LogP contribution in [0.2, 0.25) is 5.02 Å². The summed E-state index contributed by atoms with van der Waals surface area (Å²) in [6.45, 7) is 0. The third-order valence-corrected chi connectivity index (χ3v) is 3.61. The number of anilines is 1. The third-order valence-electron chi connectivity index (χ3n) is 2.52. The van der Waals surface area contributed by atoms with Crippen molar-refractivity contribution in [2.75, 3.05) is 5.32 Å². The number of rotatable bonds is 3. The largest absolute Gasteiger partial charge is 0.322 e. The number of nitro benzene ring substituents is 1. The van der Waals surface area contributed by atoms with Gasteiger partial charge in [0.1, 0.15) is 4.47 Å². The fourth-order valence-electron chi connectivity index (χ4n) is 1.57. The van der Waals surface area contributed by atoms with Gasteiger partial charge < -0.3 is 5.32 Å². The van der Waals surface area contributed by atoms with E-state index in [9.17, 15) is 14.9 Å². The first-order valence-electron chi connectivity index (χ1n) is 5.49. The standard InChI is InChI=1S/C13H8BrClN2O3/c14-12-10(2-1-3-11(12)17(19)20)13(18)16-9-6-4-8(15)5-7-9/h1-7H,(H,16,18). The monoisotopic (exact) mass is 354 g/mol. The van der Waals surface area contributed by atoms with Crippen molar-refractivity contribution in [2.45, 2.75) is 0 Å². The number of amides is 1. The minimum Gasteiger partial charge on any atom is -0.322 e. The van der Waals surface area contributed by atoms with Gasteiger partial charge in [-0.05, 0) is 46.3 Å². The average Bonchev–Trinajstić information content (AvgIpc) is 2.41. The van der Waals surface area contributed by atoms with E-state index in [1.54, 1.807) is 24.3 Å². The summed E-state index contributed by atoms with van der Waals surface area (Å²) in [5, 5.41) is 14.0. The molecule has 1 N–H and O–H groups in total. The van der Waals surface area contributed by atoms with E-state index in [1.807, 2.05) is 0 Å². The second-order valence-corrected chi connectivity index (χ2v) is 5.09. The van der Waals surface area contributed by atoms with Gasteiger partial charge >= 0.3 is 0 Å². The zero-order valence-corrected chi connectivity index (χ0v) is 12.3. The smallest absolute Gasteiger partial charge is 0.284 e. The number of nitrogens with one attached hydrogen (secondary N) is 1. The van der Waals surface area contributed by atoms with Crippen LogP contribution in [-0.4, -0.2) is 10.8 Å². The zero-order chi connectivity index (χ0) is 14.7. The van der Waals surface area contributed by atoms with Crippen molar-refractivity contribution in [3.8, 4) is 0 Å². The number of carbonyl (C=O) groups is 1. The molecule has 2 aromatic carbocycles. The van der Waals surface area contributed by atoms with Crippen LogP contribution in [0.4, 0.5) is 11.4 Å². The lowest BCUT2D eigenvalue weighted by atomic mass is 10.2. The van der Waals surface area contributed by atoms with Gasteiger partial charge in [-0.25, -0.2) is 0 Å². The highest BCUT2D eigenvalue weighted by Crippen LogP contribution is 2.28. The van der Waals surface area contributed by atoms with Crippen LogP contribution in [0.1, 0.15) is 10.4 Å². The van der Waals surface area contributed by atoms with Crippen LogP contribution in [-0.2, 0) is 0 Å². The first-order chi connectivity index (χ1) is 9.49. The summed E-state index contributed by atoms with van der Waals surface area (Å²) < 4.78 is 0.150. The van der Waals surface area contributed by atoms with Crippen molar-refractivity contribution < 1.29 is 9.72 Å². The van der Waals surface area contributed by atoms with Crippen molar-refractivity contribution >= 4 is 44.8 Å². The van der Waals surface area contributed by atoms with Crippen molar-refractivity contribution in [3.05, 3.63) is 67.6 Å². The number of carbonyl (C=O) groups excluding carboxylic acids is 1. The zero-order valence-electron chi connectivity index (χ0n) is 9.97. The van der Waals surface area contributed by atoms with E-state index < -0.39 is 10.8 Å². The van der Waals surface area contributed by atoms with Gasteiger partial charge in [-0.1, -0.05) is 17.7 Å². The van der Waals surface area contributed by atoms with E-state index in [-0.39, 0.29) is 15.7 Å². The molecular weight excluding hydrogens is 348 g/mol. The van der Waals surface area contributed by atoms with Gasteiger partial charge in [-0.2, -0.15) is 0 Å². The van der Waals surface area contributed by atoms with Crippen LogP contribution in [0.15, 0.2) is 46.9 Å². The van der Waals surface area contributed by atoms with E-state index in [0.717, 1.165) is 0 Å². The predicted molar refractivity (Wildman–Crippen MR) is 80.2 cm³/mol. The number of nitrogens with zero attached hydrogens (tertiary/aromatic N) is 1. The quantitative estimate of drug-likeness (QED) is 0.660. The number of halogens is 2. The first kappa shape index (κ1) is 14.5. The molecule has 0 radical (unpaired) electrons. The average molecular weight is 356 g/mol. The minimum absolute atomic E-state index is 0.150. The molecule has 0 spiro atoms. The van der Waals surface area contributed by atoms with Gasteiger partial charge in [-0.3, -0.25) is 14.9 Å². The molecule has 1 amide bonds. The number of hydrogen-bond donors (Lipinski definition) is 1. The summed E-state index contributed by atoms with van der Waals surface area (Å²) in [4.78, 5) is 22.4. The molecule has 0 atom stereocenters. The predicted octanol–water partition coefficient (Wildman–Crippen LogP) is 4.26. The van der Waals surface area contributed by atoms with Gasteiger partial charge in [-0.15, -0.1) is 0 Å². The highest BCUT2D eigenvalue weighted by Gasteiger charge is 2.19. The van der Waals surface area contributed by atoms with Crippen LogP contribution in [0.5, 0.6) is 0 Å². The van der Waals surface area contributed by atoms with Gasteiger partial charge in [0.05, 0.1) is 10.5 Å². The third kappa shape index (κ3) is 3.15. The van der Waals surface area contributed by atoms with Crippen molar-refractivity contribution in [1.29, 1.82) is 0 Å². The van der Waals surface area contributed by atoms with Crippen molar-refractivity contribution in [1.82, 2.24) is 0 Å². The maximum atomic E-state index is 12.1. The molecule has 5 nitrogen and oxygen atoms in total. The normalized spacial score (nSPS) is 10.1. The van der Waals surface area contributed by atoms with E-state index in [0.29, 0.717) is 10.7 Å². The van der Waals surface area contributed by atoms with Crippen molar-refractivity contribution in [3.63, 3.8) is 0 Å². The molecule has 0 fully saturated rings. The first-order valence-corrected chi connectivity index (χ1v) is 6.66. The summed E-state index contributed by atoms with van der Waals surface area (Å²) in [5.41, 5.74) is 0.584. The van der Waals surface area contributed by atoms with E-state index >= 15 is 0 Å². The van der Waals surface area contributed by atoms with Crippen LogP contribution >= 0.6 is 27.5 Å². The van der Waals surface area contributed by atoms with Crippen LogP contribution in [0.3, 0.4) is 0 Å². The lowest BCUT2D eigenvalue weighted by molar-refractivity contribution is -0.385. The second-order valence-electron chi connectivity index (χ2n) is 3.86. The van der Waals surface area contributed by atoms with Gasteiger partial charge in [0.15, 0.2) is 0 Å². The van der Waals surface area contributed by atoms with E-state index in [1.165, 1.54) is 18.2 Å². The highest BCUT2D eigenvalue weighted by atomic mass is 79.9. The SMILES string of the molecule is O=C(Nc1ccc(Cl)cc1)c1cccc([N+](=O)[O-])c1Br. The molecular formula is C13H8BrClN2O3. The van der Waals surface area contributed by atoms with E-state index in [2.05, 4.69) is 21.2 Å². The number of nitro groups is 1. The maximum absolute atomic E-state index is 12.1. The Bertz CT molecular complexity index is 674. The number of benzene rings is 2. The lowest BCUT2D eigenvalue weighted by Gasteiger charge is -2.07. The molecule has 0 saturated carbocycles. The summed E-state index contributed by atoms with van der Waals surface area (Å²) >= 11 is 8.83. The molecule has 7 heteroatoms. The topological polar surface area (TPSA) is 72.2 Å². The molecule has 2 rings (SSSR count). The molecule has 2 aromatic rings. The van der Waals surface area contributed by atoms with Crippen LogP contribution in [0.25, 0.3) is 0 Å². The summed E-state index contributed by atoms with van der Waals surface area (Å²) in [7, 11) is 0. The van der Waals surface area contributed by atoms with Crippen LogP contribution < -0.4 is 5.32 Å². The molecule has 0 aliphatic heterocycles. The van der Waals surface area contributed by atoms with Gasteiger partial charge in [0.25, 0.3) is 11.6 Å². The number of hydrogen-bond acceptors (Lipinski definition) is 3. The fraction of sp³-hybridized carbons (Fsp3) is 0. The summed E-state index contributed by atoms with van der Waals surface area (Å²) in [6, 6.07) is 10.8. The van der Waals surface area contributed by atoms with E-state index in [4.69, 9.17) is 11.6 Å². The minimum atomic E-state index is -0.552. The Balaban J connectivity index is 2.28. The fourth-order valence-corrected chi connectivity index (χ4v) is 2.28. The summed E-state index contributed by atoms with van der Waals surface area (Å²) in [6.07, 6.45) is 0. The molecule has 0 bridgehead atoms. The maximum Gasteiger partial charge on any atom is 0.284 e. The Morgan fingerprint density at radius 1 is 1.20 bits per heavy atom. The summed E-state index contributed by atoms with van der Waals surface area (Å²) in [5.74, 6) is -0.442. The lowest BCUT2D eigenvalue weighted by Crippen LogP contribution is -2.13. The molecule has 0 heterocycles. The van der Waals surface area contributed by atoms with Crippen LogP contribution in [0, 0.1) is 10.1 Å². The molecule has 102 valence electrons. The molecule has 0 aliphatic rings. The second kappa shape index (κ2) is 6.02. The molecule has 0 aromatic heterocycles. The Morgan fingerprint density at radius 3 is 2.45 bits per heavy atom. The van der Waals surface area contributed by atoms with Gasteiger partial charge in [0.2, 0.25) is 0 Å². The van der Waals surface area contributed by atoms with Gasteiger partial charge in [0, 0.05) is 16.8 Å². The highest BCUT2D eigenvalue weighted by molar-refractivity contribution is 9.10. The molecule has 20 heavy (non-hydrogen) atoms. The Morgan fingerprint density at radius 2 is 1.85 bits per heavy atom. The molecule has 0 unspecified atom stereocenters. The Hall–Kier alpha value is -1.92. The Kier molecular flexibility index (Phi) is 4.36. The molecule has 0 saturated heterocycles.